The molecule has 4 N–H and O–H groups in total. The van der Waals surface area contributed by atoms with Gasteiger partial charge in [0.05, 0.1) is 6.61 Å². The number of esters is 1. The van der Waals surface area contributed by atoms with E-state index in [4.69, 9.17) is 25.2 Å². The fraction of sp³-hybridized carbons (Fsp3) is 0.941. The number of carbonyl (C=O) groups excluding carboxylic acids is 1. The van der Waals surface area contributed by atoms with Gasteiger partial charge in [0, 0.05) is 19.3 Å². The van der Waals surface area contributed by atoms with Crippen LogP contribution in [0.2, 0.25) is 0 Å². The van der Waals surface area contributed by atoms with Gasteiger partial charge in [0.1, 0.15) is 12.7 Å². The van der Waals surface area contributed by atoms with E-state index in [0.29, 0.717) is 19.3 Å². The lowest BCUT2D eigenvalue weighted by Crippen LogP contribution is -2.21. The number of rotatable bonds is 45. The third-order valence-corrected chi connectivity index (χ3v) is 11.1. The Morgan fingerprint density at radius 2 is 0.559 bits per heavy atom. The Bertz CT molecular complexity index is 820. The number of aliphatic hydroxyl groups is 2. The van der Waals surface area contributed by atoms with Crippen molar-refractivity contribution in [2.24, 2.45) is 0 Å². The first-order chi connectivity index (χ1) is 28.7. The molecule has 0 aromatic carbocycles. The average molecular weight is 843 g/mol. The predicted octanol–water partition coefficient (Wildman–Crippen LogP) is 15.5. The van der Waals surface area contributed by atoms with E-state index in [0.717, 1.165) is 38.5 Å². The second-order valence-corrected chi connectivity index (χ2v) is 17.3. The van der Waals surface area contributed by atoms with Gasteiger partial charge < -0.3 is 25.2 Å². The number of ether oxygens (including phenoxy) is 1. The largest absolute Gasteiger partial charge is 0.481 e. The maximum absolute atomic E-state index is 11.4. The summed E-state index contributed by atoms with van der Waals surface area (Å²) in [7, 11) is 0. The van der Waals surface area contributed by atoms with Crippen molar-refractivity contribution in [2.75, 3.05) is 13.2 Å². The molecule has 0 heterocycles. The zero-order chi connectivity index (χ0) is 44.1. The van der Waals surface area contributed by atoms with Crippen molar-refractivity contribution in [3.8, 4) is 0 Å². The molecular weight excluding hydrogens is 741 g/mol. The smallest absolute Gasteiger partial charge is 0.305 e. The maximum Gasteiger partial charge on any atom is 0.305 e. The van der Waals surface area contributed by atoms with Gasteiger partial charge in [-0.2, -0.15) is 0 Å². The molecule has 0 radical (unpaired) electrons. The number of aliphatic hydroxyl groups excluding tert-OH is 2. The highest BCUT2D eigenvalue weighted by Gasteiger charge is 2.07. The number of aliphatic carboxylic acids is 2. The van der Waals surface area contributed by atoms with Gasteiger partial charge in [-0.25, -0.2) is 0 Å². The van der Waals surface area contributed by atoms with Crippen LogP contribution in [-0.2, 0) is 19.1 Å². The fourth-order valence-electron chi connectivity index (χ4n) is 7.19. The van der Waals surface area contributed by atoms with Gasteiger partial charge in [-0.05, 0) is 19.3 Å². The van der Waals surface area contributed by atoms with Crippen molar-refractivity contribution in [1.29, 1.82) is 0 Å². The average Bonchev–Trinajstić information content (AvgIpc) is 3.22. The van der Waals surface area contributed by atoms with Gasteiger partial charge in [-0.1, -0.05) is 252 Å². The molecule has 8 nitrogen and oxygen atoms in total. The van der Waals surface area contributed by atoms with Crippen molar-refractivity contribution in [3.05, 3.63) is 0 Å². The van der Waals surface area contributed by atoms with Crippen molar-refractivity contribution >= 4 is 17.9 Å². The third-order valence-electron chi connectivity index (χ3n) is 11.1. The van der Waals surface area contributed by atoms with E-state index in [-0.39, 0.29) is 19.2 Å². The molecule has 0 aliphatic rings. The van der Waals surface area contributed by atoms with Crippen LogP contribution in [0.3, 0.4) is 0 Å². The summed E-state index contributed by atoms with van der Waals surface area (Å²) < 4.78 is 4.86. The first-order valence-electron chi connectivity index (χ1n) is 25.6. The van der Waals surface area contributed by atoms with E-state index < -0.39 is 18.0 Å². The molecule has 0 aromatic rings. The van der Waals surface area contributed by atoms with Crippen LogP contribution in [0.15, 0.2) is 0 Å². The molecule has 0 amide bonds. The zero-order valence-corrected chi connectivity index (χ0v) is 39.6. The van der Waals surface area contributed by atoms with Gasteiger partial charge in [0.2, 0.25) is 0 Å². The molecule has 59 heavy (non-hydrogen) atoms. The summed E-state index contributed by atoms with van der Waals surface area (Å²) in [5.74, 6) is -1.59. The van der Waals surface area contributed by atoms with Gasteiger partial charge >= 0.3 is 17.9 Å². The minimum absolute atomic E-state index is 0.103. The minimum Gasteiger partial charge on any atom is -0.481 e. The normalized spacial score (nSPS) is 11.3. The molecule has 0 fully saturated rings. The van der Waals surface area contributed by atoms with Crippen LogP contribution in [0.1, 0.15) is 290 Å². The van der Waals surface area contributed by atoms with E-state index >= 15 is 0 Å². The van der Waals surface area contributed by atoms with Crippen LogP contribution in [-0.4, -0.2) is 57.7 Å². The summed E-state index contributed by atoms with van der Waals surface area (Å²) in [6.07, 6.45) is 50.7. The number of carboxylic acids is 2. The number of hydrogen-bond acceptors (Lipinski definition) is 6. The van der Waals surface area contributed by atoms with E-state index in [2.05, 4.69) is 20.8 Å². The monoisotopic (exact) mass is 843 g/mol. The zero-order valence-electron chi connectivity index (χ0n) is 39.6. The summed E-state index contributed by atoms with van der Waals surface area (Å²) in [5, 5.41) is 34.6. The topological polar surface area (TPSA) is 141 Å². The van der Waals surface area contributed by atoms with E-state index in [1.807, 2.05) is 0 Å². The molecule has 0 saturated carbocycles. The molecule has 0 saturated heterocycles. The molecular formula is C51H102O8. The number of carbonyl (C=O) groups is 3. The maximum atomic E-state index is 11.4. The van der Waals surface area contributed by atoms with Crippen LogP contribution in [0, 0.1) is 0 Å². The summed E-state index contributed by atoms with van der Waals surface area (Å²) in [4.78, 5) is 31.9. The second kappa shape index (κ2) is 56.3. The Balaban J connectivity index is -0.000000830. The third kappa shape index (κ3) is 65.6. The molecule has 0 spiro atoms. The van der Waals surface area contributed by atoms with Crippen LogP contribution >= 0.6 is 0 Å². The quantitative estimate of drug-likeness (QED) is 0.0351. The second-order valence-electron chi connectivity index (χ2n) is 17.3. The Morgan fingerprint density at radius 1 is 0.356 bits per heavy atom. The molecule has 0 aromatic heterocycles. The van der Waals surface area contributed by atoms with Crippen LogP contribution in [0.25, 0.3) is 0 Å². The molecule has 0 rings (SSSR count). The molecule has 354 valence electrons. The van der Waals surface area contributed by atoms with Crippen LogP contribution in [0.5, 0.6) is 0 Å². The fourth-order valence-corrected chi connectivity index (χ4v) is 7.19. The van der Waals surface area contributed by atoms with Crippen LogP contribution < -0.4 is 0 Å². The van der Waals surface area contributed by atoms with Crippen molar-refractivity contribution in [1.82, 2.24) is 0 Å². The molecule has 0 aliphatic carbocycles. The Hall–Kier alpha value is -1.67. The Morgan fingerprint density at radius 3 is 0.763 bits per heavy atom. The van der Waals surface area contributed by atoms with E-state index in [9.17, 15) is 14.4 Å². The van der Waals surface area contributed by atoms with E-state index in [1.165, 1.54) is 212 Å². The Labute approximate surface area is 366 Å². The summed E-state index contributed by atoms with van der Waals surface area (Å²) >= 11 is 0. The summed E-state index contributed by atoms with van der Waals surface area (Å²) in [6, 6.07) is 0. The molecule has 1 unspecified atom stereocenters. The highest BCUT2D eigenvalue weighted by atomic mass is 16.5. The lowest BCUT2D eigenvalue weighted by molar-refractivity contribution is -0.147. The number of carboxylic acid groups (broad SMARTS) is 2. The van der Waals surface area contributed by atoms with Gasteiger partial charge in [-0.15, -0.1) is 0 Å². The summed E-state index contributed by atoms with van der Waals surface area (Å²) in [5.41, 5.74) is 0. The highest BCUT2D eigenvalue weighted by Crippen LogP contribution is 2.16. The van der Waals surface area contributed by atoms with Gasteiger partial charge in [0.15, 0.2) is 0 Å². The first kappa shape index (κ1) is 61.6. The van der Waals surface area contributed by atoms with Crippen molar-refractivity contribution in [3.63, 3.8) is 0 Å². The van der Waals surface area contributed by atoms with Crippen molar-refractivity contribution in [2.45, 2.75) is 297 Å². The number of hydrogen-bond donors (Lipinski definition) is 4. The van der Waals surface area contributed by atoms with Crippen molar-refractivity contribution < 1.29 is 39.5 Å². The van der Waals surface area contributed by atoms with Crippen LogP contribution in [0.4, 0.5) is 0 Å². The molecule has 8 heteroatoms. The SMILES string of the molecule is CCCCCCCCCCCC(=O)O.CCCCCCCCCCCCCCCCCC(=O)O.CCCCCCCCCCCCCCCCCC(=O)OCC(O)CO. The molecule has 1 atom stereocenters. The predicted molar refractivity (Wildman–Crippen MR) is 250 cm³/mol. The van der Waals surface area contributed by atoms with E-state index in [1.54, 1.807) is 0 Å². The van der Waals surface area contributed by atoms with Gasteiger partial charge in [0.25, 0.3) is 0 Å². The highest BCUT2D eigenvalue weighted by molar-refractivity contribution is 5.69. The lowest BCUT2D eigenvalue weighted by Gasteiger charge is -2.08. The first-order valence-corrected chi connectivity index (χ1v) is 25.6. The molecule has 0 bridgehead atoms. The Kier molecular flexibility index (Phi) is 58.8. The lowest BCUT2D eigenvalue weighted by atomic mass is 10.0. The van der Waals surface area contributed by atoms with Gasteiger partial charge in [-0.3, -0.25) is 14.4 Å². The number of unbranched alkanes of at least 4 members (excludes halogenated alkanes) is 36. The molecule has 0 aliphatic heterocycles. The summed E-state index contributed by atoms with van der Waals surface area (Å²) in [6.45, 7) is 6.29. The minimum atomic E-state index is -0.954. The standard InChI is InChI=1S/C21H42O4.C18H36O2.C12H24O2/c1-2-3-4-5-6-7-8-9-10-11-12-13-14-15-16-17-21(24)25-19-20(23)18-22;1-2-3-4-5-6-7-8-9-10-11-12-13-14-15-16-17-18(19)20;1-2-3-4-5-6-7-8-9-10-11-12(13)14/h20,22-23H,2-19H2,1H3;2-17H2,1H3,(H,19,20);2-11H2,1H3,(H,13,14).